The van der Waals surface area contributed by atoms with Crippen LogP contribution in [0.3, 0.4) is 0 Å². The molecule has 3 heteroatoms. The molecule has 2 aromatic rings. The molecule has 0 saturated carbocycles. The Morgan fingerprint density at radius 2 is 1.53 bits per heavy atom. The predicted molar refractivity (Wildman–Crippen MR) is 84.4 cm³/mol. The van der Waals surface area contributed by atoms with Gasteiger partial charge < -0.3 is 10.2 Å². The molecule has 0 spiro atoms. The maximum atomic E-state index is 10.5. The lowest BCUT2D eigenvalue weighted by atomic mass is 10.0. The highest BCUT2D eigenvalue weighted by Gasteiger charge is 2.21. The highest BCUT2D eigenvalue weighted by atomic mass is 31.1. The second kappa shape index (κ2) is 5.02. The van der Waals surface area contributed by atoms with Gasteiger partial charge in [-0.25, -0.2) is 0 Å². The Bertz CT molecular complexity index is 612. The van der Waals surface area contributed by atoms with Crippen LogP contribution in [-0.4, -0.2) is 15.4 Å². The Morgan fingerprint density at radius 3 is 2.00 bits per heavy atom. The van der Waals surface area contributed by atoms with Crippen molar-refractivity contribution in [1.29, 1.82) is 0 Å². The number of hydrogen-bond donors (Lipinski definition) is 2. The van der Waals surface area contributed by atoms with Crippen LogP contribution in [0.2, 0.25) is 0 Å². The summed E-state index contributed by atoms with van der Waals surface area (Å²) in [5.41, 5.74) is 0.879. The van der Waals surface area contributed by atoms with Crippen molar-refractivity contribution in [2.24, 2.45) is 0 Å². The molecule has 1 unspecified atom stereocenters. The van der Waals surface area contributed by atoms with E-state index in [1.165, 1.54) is 0 Å². The molecule has 0 heterocycles. The van der Waals surface area contributed by atoms with Crippen molar-refractivity contribution in [2.45, 2.75) is 39.3 Å². The highest BCUT2D eigenvalue weighted by molar-refractivity contribution is 7.49. The quantitative estimate of drug-likeness (QED) is 0.645. The number of phenols is 2. The number of rotatable bonds is 2. The molecule has 0 aromatic heterocycles. The van der Waals surface area contributed by atoms with Gasteiger partial charge in [-0.2, -0.15) is 0 Å². The van der Waals surface area contributed by atoms with Gasteiger partial charge in [0.25, 0.3) is 0 Å². The summed E-state index contributed by atoms with van der Waals surface area (Å²) >= 11 is 0. The lowest BCUT2D eigenvalue weighted by Crippen LogP contribution is -2.15. The molecule has 102 valence electrons. The Kier molecular flexibility index (Phi) is 3.73. The Balaban J connectivity index is 2.78. The minimum Gasteiger partial charge on any atom is -0.507 e. The fourth-order valence-electron chi connectivity index (χ4n) is 2.31. The van der Waals surface area contributed by atoms with Crippen LogP contribution in [0, 0.1) is 0 Å². The van der Waals surface area contributed by atoms with Gasteiger partial charge >= 0.3 is 0 Å². The number of fused-ring (bicyclic) bond motifs is 1. The molecule has 0 fully saturated rings. The van der Waals surface area contributed by atoms with Crippen molar-refractivity contribution in [3.63, 3.8) is 0 Å². The van der Waals surface area contributed by atoms with Crippen molar-refractivity contribution in [3.05, 3.63) is 29.8 Å². The first kappa shape index (κ1) is 14.1. The number of benzene rings is 2. The van der Waals surface area contributed by atoms with Gasteiger partial charge in [-0.1, -0.05) is 60.5 Å². The third-order valence-electron chi connectivity index (χ3n) is 3.12. The molecule has 0 aliphatic rings. The summed E-state index contributed by atoms with van der Waals surface area (Å²) in [6, 6.07) is 7.48. The first-order valence-corrected chi connectivity index (χ1v) is 7.59. The van der Waals surface area contributed by atoms with Crippen LogP contribution in [0.1, 0.15) is 33.3 Å². The smallest absolute Gasteiger partial charge is 0.131 e. The van der Waals surface area contributed by atoms with E-state index < -0.39 is 0 Å². The van der Waals surface area contributed by atoms with Gasteiger partial charge in [-0.15, -0.1) is 0 Å². The standard InChI is InChI=1S/C16H21O2P/c1-5-10-13(17)11-8-6-7-9-12(11)14(18)15(10)19-16(2,3)4/h6-9,17-19H,5H2,1-4H3. The molecule has 2 N–H and O–H groups in total. The zero-order valence-electron chi connectivity index (χ0n) is 11.9. The van der Waals surface area contributed by atoms with E-state index in [2.05, 4.69) is 20.8 Å². The van der Waals surface area contributed by atoms with Crippen molar-refractivity contribution in [3.8, 4) is 11.5 Å². The van der Waals surface area contributed by atoms with E-state index in [9.17, 15) is 10.2 Å². The average molecular weight is 276 g/mol. The van der Waals surface area contributed by atoms with E-state index in [0.29, 0.717) is 20.1 Å². The van der Waals surface area contributed by atoms with Gasteiger partial charge in [-0.05, 0) is 11.6 Å². The molecule has 2 aromatic carbocycles. The predicted octanol–water partition coefficient (Wildman–Crippen LogP) is 3.92. The molecular weight excluding hydrogens is 255 g/mol. The lowest BCUT2D eigenvalue weighted by molar-refractivity contribution is 0.467. The Hall–Kier alpha value is -1.27. The monoisotopic (exact) mass is 276 g/mol. The van der Waals surface area contributed by atoms with Crippen LogP contribution in [0.25, 0.3) is 10.8 Å². The molecule has 0 radical (unpaired) electrons. The van der Waals surface area contributed by atoms with Gasteiger partial charge in [0.15, 0.2) is 0 Å². The Labute approximate surface area is 116 Å². The van der Waals surface area contributed by atoms with Crippen molar-refractivity contribution >= 4 is 24.7 Å². The fraction of sp³-hybridized carbons (Fsp3) is 0.375. The summed E-state index contributed by atoms with van der Waals surface area (Å²) in [5, 5.41) is 23.5. The summed E-state index contributed by atoms with van der Waals surface area (Å²) in [7, 11) is 0.468. The number of phenolic OH excluding ortho intramolecular Hbond substituents is 2. The normalized spacial score (nSPS) is 12.6. The zero-order chi connectivity index (χ0) is 14.2. The van der Waals surface area contributed by atoms with E-state index in [4.69, 9.17) is 0 Å². The summed E-state index contributed by atoms with van der Waals surface area (Å²) in [6.45, 7) is 8.46. The highest BCUT2D eigenvalue weighted by Crippen LogP contribution is 2.41. The van der Waals surface area contributed by atoms with Crippen molar-refractivity contribution in [2.75, 3.05) is 0 Å². The van der Waals surface area contributed by atoms with Crippen LogP contribution >= 0.6 is 8.58 Å². The van der Waals surface area contributed by atoms with Gasteiger partial charge in [0.2, 0.25) is 0 Å². The number of hydrogen-bond acceptors (Lipinski definition) is 2. The molecule has 2 rings (SSSR count). The molecule has 0 aliphatic heterocycles. The molecule has 2 nitrogen and oxygen atoms in total. The minimum atomic E-state index is 0.0935. The lowest BCUT2D eigenvalue weighted by Gasteiger charge is -2.23. The van der Waals surface area contributed by atoms with E-state index in [-0.39, 0.29) is 5.16 Å². The molecule has 0 amide bonds. The second-order valence-electron chi connectivity index (χ2n) is 5.82. The second-order valence-corrected chi connectivity index (χ2v) is 8.07. The van der Waals surface area contributed by atoms with Crippen molar-refractivity contribution in [1.82, 2.24) is 0 Å². The molecular formula is C16H21O2P. The topological polar surface area (TPSA) is 40.5 Å². The van der Waals surface area contributed by atoms with Crippen LogP contribution in [0.5, 0.6) is 11.5 Å². The molecule has 0 saturated heterocycles. The van der Waals surface area contributed by atoms with Gasteiger partial charge in [0.1, 0.15) is 11.5 Å². The first-order chi connectivity index (χ1) is 8.85. The molecule has 0 aliphatic carbocycles. The van der Waals surface area contributed by atoms with E-state index in [0.717, 1.165) is 28.1 Å². The average Bonchev–Trinajstić information content (AvgIpc) is 2.35. The maximum absolute atomic E-state index is 10.5. The number of aromatic hydroxyl groups is 2. The summed E-state index contributed by atoms with van der Waals surface area (Å²) in [5.74, 6) is 0.654. The first-order valence-electron chi connectivity index (χ1n) is 6.59. The van der Waals surface area contributed by atoms with Crippen molar-refractivity contribution < 1.29 is 10.2 Å². The molecule has 1 atom stereocenters. The van der Waals surface area contributed by atoms with Crippen LogP contribution in [-0.2, 0) is 6.42 Å². The Morgan fingerprint density at radius 1 is 1.00 bits per heavy atom. The third-order valence-corrected chi connectivity index (χ3v) is 4.65. The van der Waals surface area contributed by atoms with Crippen LogP contribution in [0.15, 0.2) is 24.3 Å². The maximum Gasteiger partial charge on any atom is 0.131 e. The van der Waals surface area contributed by atoms with E-state index in [1.807, 2.05) is 31.2 Å². The molecule has 0 bridgehead atoms. The summed E-state index contributed by atoms with van der Waals surface area (Å²) in [4.78, 5) is 0. The summed E-state index contributed by atoms with van der Waals surface area (Å²) < 4.78 is 0. The van der Waals surface area contributed by atoms with E-state index >= 15 is 0 Å². The third kappa shape index (κ3) is 2.69. The van der Waals surface area contributed by atoms with Gasteiger partial charge in [0, 0.05) is 21.6 Å². The summed E-state index contributed by atoms with van der Waals surface area (Å²) in [6.07, 6.45) is 0.725. The fourth-order valence-corrected chi connectivity index (χ4v) is 3.76. The SMILES string of the molecule is CCc1c(PC(C)(C)C)c(O)c2ccccc2c1O. The van der Waals surface area contributed by atoms with Crippen LogP contribution in [0.4, 0.5) is 0 Å². The molecule has 19 heavy (non-hydrogen) atoms. The van der Waals surface area contributed by atoms with Gasteiger partial charge in [-0.3, -0.25) is 0 Å². The minimum absolute atomic E-state index is 0.0935. The van der Waals surface area contributed by atoms with Gasteiger partial charge in [0.05, 0.1) is 0 Å². The van der Waals surface area contributed by atoms with E-state index in [1.54, 1.807) is 0 Å². The zero-order valence-corrected chi connectivity index (χ0v) is 12.9. The van der Waals surface area contributed by atoms with Crippen LogP contribution < -0.4 is 5.30 Å². The largest absolute Gasteiger partial charge is 0.507 e.